The normalized spacial score (nSPS) is 19.8. The maximum Gasteiger partial charge on any atom is 0.162 e. The van der Waals surface area contributed by atoms with Crippen molar-refractivity contribution in [1.82, 2.24) is 0 Å². The molecule has 1 atom stereocenters. The first-order chi connectivity index (χ1) is 16.5. The van der Waals surface area contributed by atoms with E-state index in [2.05, 4.69) is 98.0 Å². The molecule has 0 fully saturated rings. The fourth-order valence-corrected chi connectivity index (χ4v) is 6.41. The van der Waals surface area contributed by atoms with E-state index < -0.39 is 0 Å². The highest BCUT2D eigenvalue weighted by molar-refractivity contribution is 6.13. The number of carbonyl (C=O) groups is 1. The average molecular weight is 442 g/mol. The molecular formula is C32H27NO. The lowest BCUT2D eigenvalue weighted by Gasteiger charge is -2.40. The monoisotopic (exact) mass is 441 g/mol. The molecule has 4 aromatic rings. The first-order valence-corrected chi connectivity index (χ1v) is 12.2. The Balaban J connectivity index is 1.45. The molecule has 3 aliphatic rings. The maximum atomic E-state index is 13.7. The van der Waals surface area contributed by atoms with Crippen molar-refractivity contribution in [2.75, 3.05) is 5.32 Å². The van der Waals surface area contributed by atoms with Crippen LogP contribution in [0.2, 0.25) is 0 Å². The van der Waals surface area contributed by atoms with Gasteiger partial charge in [-0.3, -0.25) is 4.79 Å². The number of hydrogen-bond donors (Lipinski definition) is 1. The van der Waals surface area contributed by atoms with Crippen LogP contribution < -0.4 is 5.32 Å². The van der Waals surface area contributed by atoms with Crippen LogP contribution in [0.4, 0.5) is 5.69 Å². The smallest absolute Gasteiger partial charge is 0.162 e. The second kappa shape index (κ2) is 6.93. The zero-order valence-electron chi connectivity index (χ0n) is 19.6. The summed E-state index contributed by atoms with van der Waals surface area (Å²) < 4.78 is 0. The summed E-state index contributed by atoms with van der Waals surface area (Å²) in [5.41, 5.74) is 11.1. The molecule has 1 heterocycles. The van der Waals surface area contributed by atoms with Crippen LogP contribution in [-0.2, 0) is 11.2 Å². The lowest BCUT2D eigenvalue weighted by atomic mass is 9.67. The Bertz CT molecular complexity index is 1550. The first kappa shape index (κ1) is 19.8. The molecule has 2 nitrogen and oxygen atoms in total. The van der Waals surface area contributed by atoms with Gasteiger partial charge in [0.25, 0.3) is 0 Å². The van der Waals surface area contributed by atoms with Gasteiger partial charge in [-0.05, 0) is 74.6 Å². The van der Waals surface area contributed by atoms with E-state index in [4.69, 9.17) is 0 Å². The minimum atomic E-state index is -0.120. The Labute approximate surface area is 200 Å². The lowest BCUT2D eigenvalue weighted by molar-refractivity contribution is -0.118. The fourth-order valence-electron chi connectivity index (χ4n) is 6.41. The Morgan fingerprint density at radius 3 is 2.53 bits per heavy atom. The number of nitrogens with one attached hydrogen (secondary N) is 1. The van der Waals surface area contributed by atoms with Crippen LogP contribution in [0.25, 0.3) is 27.5 Å². The van der Waals surface area contributed by atoms with E-state index in [0.717, 1.165) is 24.1 Å². The van der Waals surface area contributed by atoms with Gasteiger partial charge in [0.15, 0.2) is 5.78 Å². The summed E-state index contributed by atoms with van der Waals surface area (Å²) in [4.78, 5) is 13.7. The Morgan fingerprint density at radius 2 is 1.62 bits per heavy atom. The molecule has 1 N–H and O–H groups in total. The van der Waals surface area contributed by atoms with E-state index in [1.807, 2.05) is 0 Å². The number of allylic oxidation sites excluding steroid dienone is 1. The number of benzene rings is 4. The summed E-state index contributed by atoms with van der Waals surface area (Å²) in [6.07, 6.45) is 2.50. The second-order valence-electron chi connectivity index (χ2n) is 10.9. The third-order valence-corrected chi connectivity index (χ3v) is 7.89. The molecular weight excluding hydrogens is 414 g/mol. The Hall–Kier alpha value is -3.65. The van der Waals surface area contributed by atoms with Gasteiger partial charge in [0, 0.05) is 23.2 Å². The van der Waals surface area contributed by atoms with E-state index in [-0.39, 0.29) is 17.2 Å². The predicted octanol–water partition coefficient (Wildman–Crippen LogP) is 7.72. The summed E-state index contributed by atoms with van der Waals surface area (Å²) >= 11 is 0. The van der Waals surface area contributed by atoms with Crippen molar-refractivity contribution in [1.29, 1.82) is 0 Å². The number of fused-ring (bicyclic) bond motifs is 7. The van der Waals surface area contributed by atoms with E-state index in [0.29, 0.717) is 6.42 Å². The number of rotatable bonds is 1. The molecule has 2 aliphatic carbocycles. The van der Waals surface area contributed by atoms with Gasteiger partial charge < -0.3 is 5.32 Å². The maximum absolute atomic E-state index is 13.7. The molecule has 0 bridgehead atoms. The molecule has 166 valence electrons. The van der Waals surface area contributed by atoms with Crippen molar-refractivity contribution < 1.29 is 4.79 Å². The van der Waals surface area contributed by atoms with E-state index in [1.165, 1.54) is 49.7 Å². The summed E-state index contributed by atoms with van der Waals surface area (Å²) in [5.74, 6) is 0.281. The number of anilines is 1. The van der Waals surface area contributed by atoms with Crippen molar-refractivity contribution >= 4 is 27.8 Å². The molecule has 0 spiro atoms. The third kappa shape index (κ3) is 2.84. The minimum absolute atomic E-state index is 0.0388. The molecule has 0 radical (unpaired) electrons. The molecule has 7 rings (SSSR count). The number of Topliss-reactive ketones (excluding diaryl/α,β-unsaturated/α-hetero) is 1. The second-order valence-corrected chi connectivity index (χ2v) is 10.9. The SMILES string of the molecule is CC1(C)CC(=O)C2=C(C1)c1c(ccc3ccccc13)N[C@@H]2c1ccc2c(c1)-c1ccccc1C2. The molecule has 4 aromatic carbocycles. The fraction of sp³-hybridized carbons (Fsp3) is 0.219. The zero-order valence-corrected chi connectivity index (χ0v) is 19.6. The standard InChI is InChI=1S/C32H27NO/c1-32(2)17-26-29-24-10-6-3-7-19(24)13-14-27(29)33-31(30(26)28(34)18-32)22-12-11-21-15-20-8-4-5-9-23(20)25(21)16-22/h3-14,16,31,33H,15,17-18H2,1-2H3/t31-/m1/s1. The van der Waals surface area contributed by atoms with Gasteiger partial charge >= 0.3 is 0 Å². The highest BCUT2D eigenvalue weighted by Gasteiger charge is 2.41. The van der Waals surface area contributed by atoms with Crippen LogP contribution in [-0.4, -0.2) is 5.78 Å². The quantitative estimate of drug-likeness (QED) is 0.288. The molecule has 0 unspecified atom stereocenters. The van der Waals surface area contributed by atoms with Crippen molar-refractivity contribution in [2.24, 2.45) is 5.41 Å². The molecule has 0 saturated carbocycles. The van der Waals surface area contributed by atoms with Gasteiger partial charge in [-0.1, -0.05) is 80.6 Å². The minimum Gasteiger partial charge on any atom is -0.373 e. The molecule has 0 amide bonds. The van der Waals surface area contributed by atoms with Crippen LogP contribution in [0.1, 0.15) is 55.0 Å². The summed E-state index contributed by atoms with van der Waals surface area (Å²) in [7, 11) is 0. The molecule has 34 heavy (non-hydrogen) atoms. The van der Waals surface area contributed by atoms with E-state index in [9.17, 15) is 4.79 Å². The highest BCUT2D eigenvalue weighted by atomic mass is 16.1. The molecule has 0 aromatic heterocycles. The van der Waals surface area contributed by atoms with Crippen molar-refractivity contribution in [3.05, 3.63) is 107 Å². The van der Waals surface area contributed by atoms with Crippen molar-refractivity contribution in [3.8, 4) is 11.1 Å². The average Bonchev–Trinajstić information content (AvgIpc) is 3.20. The van der Waals surface area contributed by atoms with Crippen LogP contribution in [0, 0.1) is 5.41 Å². The van der Waals surface area contributed by atoms with Crippen molar-refractivity contribution in [2.45, 2.75) is 39.2 Å². The third-order valence-electron chi connectivity index (χ3n) is 7.89. The van der Waals surface area contributed by atoms with Crippen LogP contribution in [0.3, 0.4) is 0 Å². The summed E-state index contributed by atoms with van der Waals surface area (Å²) in [5, 5.41) is 6.25. The van der Waals surface area contributed by atoms with Gasteiger partial charge in [-0.25, -0.2) is 0 Å². The van der Waals surface area contributed by atoms with Crippen LogP contribution in [0.15, 0.2) is 84.4 Å². The largest absolute Gasteiger partial charge is 0.373 e. The molecule has 1 aliphatic heterocycles. The van der Waals surface area contributed by atoms with E-state index in [1.54, 1.807) is 0 Å². The van der Waals surface area contributed by atoms with Gasteiger partial charge in [-0.15, -0.1) is 0 Å². The van der Waals surface area contributed by atoms with Gasteiger partial charge in [0.05, 0.1) is 6.04 Å². The van der Waals surface area contributed by atoms with Gasteiger partial charge in [0.1, 0.15) is 0 Å². The molecule has 0 saturated heterocycles. The topological polar surface area (TPSA) is 29.1 Å². The summed E-state index contributed by atoms with van der Waals surface area (Å²) in [6.45, 7) is 4.45. The summed E-state index contributed by atoms with van der Waals surface area (Å²) in [6, 6.07) is 28.3. The first-order valence-electron chi connectivity index (χ1n) is 12.2. The Kier molecular flexibility index (Phi) is 4.03. The lowest BCUT2D eigenvalue weighted by Crippen LogP contribution is -2.33. The predicted molar refractivity (Wildman–Crippen MR) is 140 cm³/mol. The van der Waals surface area contributed by atoms with Crippen LogP contribution >= 0.6 is 0 Å². The number of hydrogen-bond acceptors (Lipinski definition) is 2. The Morgan fingerprint density at radius 1 is 0.824 bits per heavy atom. The zero-order chi connectivity index (χ0) is 23.0. The molecule has 2 heteroatoms. The number of carbonyl (C=O) groups excluding carboxylic acids is 1. The number of ketones is 1. The van der Waals surface area contributed by atoms with Crippen molar-refractivity contribution in [3.63, 3.8) is 0 Å². The van der Waals surface area contributed by atoms with Gasteiger partial charge in [0.2, 0.25) is 0 Å². The van der Waals surface area contributed by atoms with E-state index >= 15 is 0 Å². The van der Waals surface area contributed by atoms with Gasteiger partial charge in [-0.2, -0.15) is 0 Å². The highest BCUT2D eigenvalue weighted by Crippen LogP contribution is 2.52. The van der Waals surface area contributed by atoms with Crippen LogP contribution in [0.5, 0.6) is 0 Å².